The molecule has 1 aliphatic rings. The summed E-state index contributed by atoms with van der Waals surface area (Å²) in [5, 5.41) is 3.44. The lowest BCUT2D eigenvalue weighted by atomic mass is 9.94. The third-order valence-corrected chi connectivity index (χ3v) is 11.1. The van der Waals surface area contributed by atoms with Gasteiger partial charge in [-0.1, -0.05) is 109 Å². The molecule has 1 N–H and O–H groups in total. The van der Waals surface area contributed by atoms with Gasteiger partial charge in [-0.25, -0.2) is 8.42 Å². The molecule has 0 bridgehead atoms. The van der Waals surface area contributed by atoms with Crippen LogP contribution in [0.15, 0.2) is 102 Å². The van der Waals surface area contributed by atoms with Crippen molar-refractivity contribution in [3.63, 3.8) is 0 Å². The minimum Gasteiger partial charge on any atom is -0.495 e. The topological polar surface area (TPSA) is 96.0 Å². The van der Waals surface area contributed by atoms with Gasteiger partial charge in [0.1, 0.15) is 18.3 Å². The van der Waals surface area contributed by atoms with Gasteiger partial charge < -0.3 is 15.0 Å². The van der Waals surface area contributed by atoms with Crippen molar-refractivity contribution in [2.24, 2.45) is 0 Å². The summed E-state index contributed by atoms with van der Waals surface area (Å²) in [5.74, 6) is -0.408. The number of halogens is 1. The molecule has 10 heteroatoms. The minimum absolute atomic E-state index is 0.0234. The maximum atomic E-state index is 14.8. The maximum Gasteiger partial charge on any atom is 0.264 e. The molecule has 4 aromatic rings. The Labute approximate surface area is 295 Å². The SMILES string of the molecule is COc1ccc(N(CC(=O)N(Cc2cccc(C)c2)[C@@H](Cc2ccccc2)C(=O)NC2CCCCC2)S(=O)(=O)c2ccc(C)cc2)cc1Cl. The number of nitrogens with zero attached hydrogens (tertiary/aromatic N) is 2. The van der Waals surface area contributed by atoms with Gasteiger partial charge in [-0.2, -0.15) is 0 Å². The highest BCUT2D eigenvalue weighted by atomic mass is 35.5. The summed E-state index contributed by atoms with van der Waals surface area (Å²) in [7, 11) is -2.79. The molecular weight excluding hydrogens is 658 g/mol. The van der Waals surface area contributed by atoms with Crippen LogP contribution in [0.3, 0.4) is 0 Å². The van der Waals surface area contributed by atoms with E-state index in [-0.39, 0.29) is 40.5 Å². The van der Waals surface area contributed by atoms with Crippen molar-refractivity contribution in [1.82, 2.24) is 10.2 Å². The Morgan fingerprint density at radius 2 is 1.55 bits per heavy atom. The molecule has 0 spiro atoms. The van der Waals surface area contributed by atoms with Gasteiger partial charge in [0.05, 0.1) is 22.7 Å². The van der Waals surface area contributed by atoms with Crippen LogP contribution in [-0.2, 0) is 32.6 Å². The molecule has 1 saturated carbocycles. The summed E-state index contributed by atoms with van der Waals surface area (Å²) >= 11 is 6.49. The number of anilines is 1. The number of carbonyl (C=O) groups excluding carboxylic acids is 2. The van der Waals surface area contributed by atoms with Crippen LogP contribution < -0.4 is 14.4 Å². The fraction of sp³-hybridized carbons (Fsp3) is 0.333. The van der Waals surface area contributed by atoms with Crippen LogP contribution in [-0.4, -0.2) is 50.9 Å². The van der Waals surface area contributed by atoms with Crippen LogP contribution in [0.1, 0.15) is 54.4 Å². The Morgan fingerprint density at radius 1 is 0.857 bits per heavy atom. The van der Waals surface area contributed by atoms with Crippen LogP contribution in [0.25, 0.3) is 0 Å². The van der Waals surface area contributed by atoms with Gasteiger partial charge in [-0.3, -0.25) is 13.9 Å². The van der Waals surface area contributed by atoms with E-state index < -0.39 is 28.5 Å². The van der Waals surface area contributed by atoms with Crippen molar-refractivity contribution in [3.05, 3.63) is 124 Å². The number of benzene rings is 4. The lowest BCUT2D eigenvalue weighted by Gasteiger charge is -2.35. The molecule has 8 nitrogen and oxygen atoms in total. The van der Waals surface area contributed by atoms with Gasteiger partial charge in [-0.05, 0) is 68.1 Å². The van der Waals surface area contributed by atoms with E-state index in [4.69, 9.17) is 16.3 Å². The molecule has 0 aliphatic heterocycles. The van der Waals surface area contributed by atoms with Gasteiger partial charge >= 0.3 is 0 Å². The summed E-state index contributed by atoms with van der Waals surface area (Å²) in [6.45, 7) is 3.39. The highest BCUT2D eigenvalue weighted by molar-refractivity contribution is 7.92. The Morgan fingerprint density at radius 3 is 2.20 bits per heavy atom. The molecule has 258 valence electrons. The van der Waals surface area contributed by atoms with Crippen LogP contribution in [0.4, 0.5) is 5.69 Å². The first-order valence-corrected chi connectivity index (χ1v) is 18.5. The standard InChI is InChI=1S/C39H44ClN3O5S/c1-28-17-20-34(21-18-28)49(46,47)43(33-19-22-37(48-3)35(40)25-33)27-38(44)42(26-31-14-10-11-29(2)23-31)36(24-30-12-6-4-7-13-30)39(45)41-32-15-8-5-9-16-32/h4,6-7,10-14,17-23,25,32,36H,5,8-9,15-16,24,26-27H2,1-3H3,(H,41,45)/t36-/m0/s1. The van der Waals surface area contributed by atoms with E-state index in [1.165, 1.54) is 30.2 Å². The molecule has 0 aromatic heterocycles. The monoisotopic (exact) mass is 701 g/mol. The van der Waals surface area contributed by atoms with Gasteiger partial charge in [0.25, 0.3) is 10.0 Å². The summed E-state index contributed by atoms with van der Waals surface area (Å²) in [4.78, 5) is 30.6. The number of carbonyl (C=O) groups is 2. The average molecular weight is 702 g/mol. The number of amides is 2. The van der Waals surface area contributed by atoms with Crippen LogP contribution in [0.5, 0.6) is 5.75 Å². The lowest BCUT2D eigenvalue weighted by Crippen LogP contribution is -2.55. The molecule has 0 saturated heterocycles. The maximum absolute atomic E-state index is 14.8. The molecule has 1 atom stereocenters. The summed E-state index contributed by atoms with van der Waals surface area (Å²) in [6.07, 6.45) is 5.24. The molecule has 2 amide bonds. The van der Waals surface area contributed by atoms with E-state index in [1.807, 2.05) is 68.4 Å². The van der Waals surface area contributed by atoms with Crippen molar-refractivity contribution >= 4 is 39.1 Å². The Hall–Kier alpha value is -4.34. The normalized spacial score (nSPS) is 14.1. The molecule has 1 fully saturated rings. The van der Waals surface area contributed by atoms with E-state index >= 15 is 0 Å². The Balaban J connectivity index is 1.58. The molecule has 0 radical (unpaired) electrons. The van der Waals surface area contributed by atoms with Crippen molar-refractivity contribution < 1.29 is 22.7 Å². The third kappa shape index (κ3) is 9.22. The second-order valence-corrected chi connectivity index (χ2v) is 15.0. The first-order chi connectivity index (χ1) is 23.5. The predicted octanol–water partition coefficient (Wildman–Crippen LogP) is 7.25. The highest BCUT2D eigenvalue weighted by Gasteiger charge is 2.35. The van der Waals surface area contributed by atoms with Gasteiger partial charge in [-0.15, -0.1) is 0 Å². The number of ether oxygens (including phenoxy) is 1. The number of rotatable bonds is 13. The third-order valence-electron chi connectivity index (χ3n) is 8.97. The fourth-order valence-electron chi connectivity index (χ4n) is 6.28. The summed E-state index contributed by atoms with van der Waals surface area (Å²) in [6, 6.07) is 27.5. The first kappa shape index (κ1) is 36.0. The molecule has 0 unspecified atom stereocenters. The highest BCUT2D eigenvalue weighted by Crippen LogP contribution is 2.32. The van der Waals surface area contributed by atoms with E-state index in [1.54, 1.807) is 24.3 Å². The van der Waals surface area contributed by atoms with E-state index in [2.05, 4.69) is 5.32 Å². The van der Waals surface area contributed by atoms with Crippen LogP contribution in [0, 0.1) is 13.8 Å². The zero-order valence-corrected chi connectivity index (χ0v) is 29.8. The second kappa shape index (κ2) is 16.4. The minimum atomic E-state index is -4.26. The number of methoxy groups -OCH3 is 1. The summed E-state index contributed by atoms with van der Waals surface area (Å²) < 4.78 is 35.0. The smallest absolute Gasteiger partial charge is 0.264 e. The predicted molar refractivity (Wildman–Crippen MR) is 194 cm³/mol. The molecular formula is C39H44ClN3O5S. The molecule has 5 rings (SSSR count). The van der Waals surface area contributed by atoms with Crippen molar-refractivity contribution in [1.29, 1.82) is 0 Å². The molecule has 0 heterocycles. The zero-order chi connectivity index (χ0) is 35.0. The first-order valence-electron chi connectivity index (χ1n) is 16.7. The summed E-state index contributed by atoms with van der Waals surface area (Å²) in [5.41, 5.74) is 3.82. The number of hydrogen-bond acceptors (Lipinski definition) is 5. The number of sulfonamides is 1. The van der Waals surface area contributed by atoms with Crippen LogP contribution in [0.2, 0.25) is 5.02 Å². The molecule has 1 aliphatic carbocycles. The van der Waals surface area contributed by atoms with E-state index in [0.29, 0.717) is 5.75 Å². The van der Waals surface area contributed by atoms with Crippen molar-refractivity contribution in [3.8, 4) is 5.75 Å². The fourth-order valence-corrected chi connectivity index (χ4v) is 7.94. The zero-order valence-electron chi connectivity index (χ0n) is 28.3. The molecule has 49 heavy (non-hydrogen) atoms. The largest absolute Gasteiger partial charge is 0.495 e. The second-order valence-electron chi connectivity index (χ2n) is 12.7. The van der Waals surface area contributed by atoms with Gasteiger partial charge in [0, 0.05) is 19.0 Å². The van der Waals surface area contributed by atoms with Crippen molar-refractivity contribution in [2.75, 3.05) is 18.0 Å². The number of aryl methyl sites for hydroxylation is 2. The lowest BCUT2D eigenvalue weighted by molar-refractivity contribution is -0.140. The van der Waals surface area contributed by atoms with E-state index in [0.717, 1.165) is 58.7 Å². The van der Waals surface area contributed by atoms with E-state index in [9.17, 15) is 18.0 Å². The Bertz CT molecular complexity index is 1840. The quantitative estimate of drug-likeness (QED) is 0.159. The van der Waals surface area contributed by atoms with Crippen molar-refractivity contribution in [2.45, 2.75) is 75.9 Å². The van der Waals surface area contributed by atoms with Gasteiger partial charge in [0.15, 0.2) is 0 Å². The molecule has 4 aromatic carbocycles. The Kier molecular flexibility index (Phi) is 12.0. The average Bonchev–Trinajstić information content (AvgIpc) is 3.09. The number of hydrogen-bond donors (Lipinski definition) is 1. The number of nitrogens with one attached hydrogen (secondary N) is 1. The van der Waals surface area contributed by atoms with Crippen LogP contribution >= 0.6 is 11.6 Å². The van der Waals surface area contributed by atoms with Gasteiger partial charge in [0.2, 0.25) is 11.8 Å².